The molecule has 0 saturated carbocycles. The van der Waals surface area contributed by atoms with E-state index in [-0.39, 0.29) is 5.97 Å². The fourth-order valence-corrected chi connectivity index (χ4v) is 1.69. The van der Waals surface area contributed by atoms with Crippen molar-refractivity contribution >= 4 is 5.97 Å². The predicted molar refractivity (Wildman–Crippen MR) is 47.7 cm³/mol. The van der Waals surface area contributed by atoms with Gasteiger partial charge in [0, 0.05) is 11.5 Å². The summed E-state index contributed by atoms with van der Waals surface area (Å²) in [4.78, 5) is 11.2. The zero-order valence-electron chi connectivity index (χ0n) is 8.02. The fourth-order valence-electron chi connectivity index (χ4n) is 1.69. The molecule has 1 rings (SSSR count). The van der Waals surface area contributed by atoms with Gasteiger partial charge < -0.3 is 4.74 Å². The molecule has 1 atom stereocenters. The molecule has 0 aromatic heterocycles. The van der Waals surface area contributed by atoms with Crippen LogP contribution in [0.4, 0.5) is 0 Å². The molecule has 1 saturated heterocycles. The quantitative estimate of drug-likeness (QED) is 0.467. The Hall–Kier alpha value is -0.790. The van der Waals surface area contributed by atoms with Crippen molar-refractivity contribution in [1.29, 1.82) is 0 Å². The van der Waals surface area contributed by atoms with Crippen molar-refractivity contribution < 1.29 is 9.53 Å². The predicted octanol–water partition coefficient (Wildman–Crippen LogP) is 2.30. The molecule has 2 heteroatoms. The van der Waals surface area contributed by atoms with Gasteiger partial charge in [-0.05, 0) is 20.3 Å². The topological polar surface area (TPSA) is 26.3 Å². The number of esters is 1. The number of rotatable bonds is 2. The van der Waals surface area contributed by atoms with Gasteiger partial charge in [0.05, 0.1) is 6.61 Å². The Bertz CT molecular complexity index is 212. The summed E-state index contributed by atoms with van der Waals surface area (Å²) in [6, 6.07) is 0. The molecule has 0 aromatic carbocycles. The Morgan fingerprint density at radius 2 is 2.25 bits per heavy atom. The van der Waals surface area contributed by atoms with Gasteiger partial charge in [-0.25, -0.2) is 4.79 Å². The van der Waals surface area contributed by atoms with Crippen LogP contribution in [0.25, 0.3) is 0 Å². The number of carbonyl (C=O) groups is 1. The van der Waals surface area contributed by atoms with Crippen LogP contribution < -0.4 is 0 Å². The maximum atomic E-state index is 11.2. The van der Waals surface area contributed by atoms with Gasteiger partial charge in [-0.3, -0.25) is 0 Å². The van der Waals surface area contributed by atoms with E-state index in [1.54, 1.807) is 0 Å². The molecule has 1 unspecified atom stereocenters. The largest absolute Gasteiger partial charge is 0.462 e. The van der Waals surface area contributed by atoms with Gasteiger partial charge >= 0.3 is 5.97 Å². The van der Waals surface area contributed by atoms with E-state index in [1.807, 2.05) is 13.8 Å². The second-order valence-electron chi connectivity index (χ2n) is 3.50. The van der Waals surface area contributed by atoms with Crippen molar-refractivity contribution in [3.05, 3.63) is 11.1 Å². The van der Waals surface area contributed by atoms with Gasteiger partial charge in [0.1, 0.15) is 0 Å². The average molecular weight is 168 g/mol. The highest BCUT2D eigenvalue weighted by Gasteiger charge is 2.30. The van der Waals surface area contributed by atoms with Crippen LogP contribution in [0.15, 0.2) is 11.1 Å². The van der Waals surface area contributed by atoms with Crippen LogP contribution in [0.5, 0.6) is 0 Å². The normalized spacial score (nSPS) is 22.8. The van der Waals surface area contributed by atoms with Crippen LogP contribution in [0.2, 0.25) is 0 Å². The zero-order chi connectivity index (χ0) is 9.14. The van der Waals surface area contributed by atoms with E-state index in [0.717, 1.165) is 24.0 Å². The minimum atomic E-state index is -0.103. The summed E-state index contributed by atoms with van der Waals surface area (Å²) in [5.74, 6) is 0.251. The first-order valence-corrected chi connectivity index (χ1v) is 4.51. The molecule has 0 N–H and O–H groups in total. The standard InChI is InChI=1S/C10H16O2/c1-4-5-8-6-12-10(11)9(8)7(2)3/h8H,4-6H2,1-3H3. The molecule has 0 radical (unpaired) electrons. The molecule has 0 amide bonds. The smallest absolute Gasteiger partial charge is 0.334 e. The van der Waals surface area contributed by atoms with E-state index in [4.69, 9.17) is 4.74 Å². The Morgan fingerprint density at radius 3 is 2.75 bits per heavy atom. The van der Waals surface area contributed by atoms with Gasteiger partial charge in [-0.15, -0.1) is 0 Å². The molecule has 0 aliphatic carbocycles. The number of hydrogen-bond donors (Lipinski definition) is 0. The lowest BCUT2D eigenvalue weighted by molar-refractivity contribution is -0.135. The summed E-state index contributed by atoms with van der Waals surface area (Å²) in [6.07, 6.45) is 2.17. The molecule has 0 aromatic rings. The molecule has 68 valence electrons. The van der Waals surface area contributed by atoms with E-state index in [1.165, 1.54) is 0 Å². The third kappa shape index (κ3) is 1.68. The third-order valence-corrected chi connectivity index (χ3v) is 2.22. The number of cyclic esters (lactones) is 1. The van der Waals surface area contributed by atoms with Crippen molar-refractivity contribution in [1.82, 2.24) is 0 Å². The summed E-state index contributed by atoms with van der Waals surface area (Å²) in [6.45, 7) is 6.67. The molecule has 0 bridgehead atoms. The second-order valence-corrected chi connectivity index (χ2v) is 3.50. The molecule has 2 nitrogen and oxygen atoms in total. The minimum absolute atomic E-state index is 0.103. The van der Waals surface area contributed by atoms with Gasteiger partial charge in [0.25, 0.3) is 0 Å². The van der Waals surface area contributed by atoms with E-state index in [2.05, 4.69) is 6.92 Å². The summed E-state index contributed by atoms with van der Waals surface area (Å²) in [7, 11) is 0. The average Bonchev–Trinajstić information content (AvgIpc) is 2.32. The van der Waals surface area contributed by atoms with E-state index in [0.29, 0.717) is 12.5 Å². The van der Waals surface area contributed by atoms with Crippen molar-refractivity contribution in [3.8, 4) is 0 Å². The lowest BCUT2D eigenvalue weighted by Gasteiger charge is -2.06. The van der Waals surface area contributed by atoms with Crippen LogP contribution in [0.1, 0.15) is 33.6 Å². The maximum Gasteiger partial charge on any atom is 0.334 e. The summed E-state index contributed by atoms with van der Waals surface area (Å²) in [5, 5.41) is 0. The van der Waals surface area contributed by atoms with Gasteiger partial charge in [0.2, 0.25) is 0 Å². The van der Waals surface area contributed by atoms with Crippen molar-refractivity contribution in [2.75, 3.05) is 6.61 Å². The molecular weight excluding hydrogens is 152 g/mol. The first-order valence-electron chi connectivity index (χ1n) is 4.51. The first kappa shape index (κ1) is 9.30. The van der Waals surface area contributed by atoms with Crippen LogP contribution in [-0.4, -0.2) is 12.6 Å². The highest BCUT2D eigenvalue weighted by atomic mass is 16.5. The van der Waals surface area contributed by atoms with E-state index >= 15 is 0 Å². The van der Waals surface area contributed by atoms with Crippen LogP contribution in [0.3, 0.4) is 0 Å². The van der Waals surface area contributed by atoms with Crippen molar-refractivity contribution in [2.45, 2.75) is 33.6 Å². The zero-order valence-corrected chi connectivity index (χ0v) is 8.02. The summed E-state index contributed by atoms with van der Waals surface area (Å²) < 4.78 is 5.00. The highest BCUT2D eigenvalue weighted by Crippen LogP contribution is 2.27. The molecule has 12 heavy (non-hydrogen) atoms. The molecule has 1 fully saturated rings. The minimum Gasteiger partial charge on any atom is -0.462 e. The van der Waals surface area contributed by atoms with Crippen molar-refractivity contribution in [3.63, 3.8) is 0 Å². The number of ether oxygens (including phenoxy) is 1. The molecular formula is C10H16O2. The Balaban J connectivity index is 2.78. The number of hydrogen-bond acceptors (Lipinski definition) is 2. The summed E-state index contributed by atoms with van der Waals surface area (Å²) in [5.41, 5.74) is 2.02. The van der Waals surface area contributed by atoms with Crippen LogP contribution >= 0.6 is 0 Å². The monoisotopic (exact) mass is 168 g/mol. The van der Waals surface area contributed by atoms with E-state index in [9.17, 15) is 4.79 Å². The van der Waals surface area contributed by atoms with Gasteiger partial charge in [-0.2, -0.15) is 0 Å². The Kier molecular flexibility index (Phi) is 2.90. The molecule has 1 aliphatic heterocycles. The number of allylic oxidation sites excluding steroid dienone is 1. The van der Waals surface area contributed by atoms with Crippen LogP contribution in [0, 0.1) is 5.92 Å². The molecule has 1 heterocycles. The Morgan fingerprint density at radius 1 is 1.58 bits per heavy atom. The maximum absolute atomic E-state index is 11.2. The van der Waals surface area contributed by atoms with Gasteiger partial charge in [-0.1, -0.05) is 18.9 Å². The number of carbonyl (C=O) groups excluding carboxylic acids is 1. The summed E-state index contributed by atoms with van der Waals surface area (Å²) >= 11 is 0. The van der Waals surface area contributed by atoms with Gasteiger partial charge in [0.15, 0.2) is 0 Å². The second kappa shape index (κ2) is 3.74. The van der Waals surface area contributed by atoms with E-state index < -0.39 is 0 Å². The highest BCUT2D eigenvalue weighted by molar-refractivity contribution is 5.91. The molecule has 0 spiro atoms. The molecule has 1 aliphatic rings. The lowest BCUT2D eigenvalue weighted by Crippen LogP contribution is -2.04. The lowest BCUT2D eigenvalue weighted by atomic mass is 9.94. The van der Waals surface area contributed by atoms with Crippen molar-refractivity contribution in [2.24, 2.45) is 5.92 Å². The SMILES string of the molecule is CCCC1COC(=O)C1=C(C)C. The first-order chi connectivity index (χ1) is 5.66. The Labute approximate surface area is 73.6 Å². The fraction of sp³-hybridized carbons (Fsp3) is 0.700. The third-order valence-electron chi connectivity index (χ3n) is 2.22. The van der Waals surface area contributed by atoms with Crippen LogP contribution in [-0.2, 0) is 9.53 Å².